The van der Waals surface area contributed by atoms with Gasteiger partial charge >= 0.3 is 0 Å². The van der Waals surface area contributed by atoms with Gasteiger partial charge in [-0.25, -0.2) is 18.4 Å². The molecule has 3 aromatic heterocycles. The summed E-state index contributed by atoms with van der Waals surface area (Å²) in [5.41, 5.74) is 2.14. The van der Waals surface area contributed by atoms with E-state index in [0.717, 1.165) is 25.5 Å². The minimum absolute atomic E-state index is 0.254. The molecule has 0 amide bonds. The van der Waals surface area contributed by atoms with E-state index < -0.39 is 9.84 Å². The average molecular weight is 398 g/mol. The molecular weight excluding hydrogens is 380 g/mol. The summed E-state index contributed by atoms with van der Waals surface area (Å²) in [4.78, 5) is 16.0. The van der Waals surface area contributed by atoms with Crippen molar-refractivity contribution in [2.24, 2.45) is 0 Å². The monoisotopic (exact) mass is 398 g/mol. The molecule has 1 saturated heterocycles. The van der Waals surface area contributed by atoms with Crippen LogP contribution in [0.25, 0.3) is 27.3 Å². The molecule has 1 aliphatic heterocycles. The number of pyridine rings is 1. The topological polar surface area (TPSA) is 104 Å². The number of rotatable bonds is 3. The van der Waals surface area contributed by atoms with E-state index in [1.54, 1.807) is 23.7 Å². The number of hydrogen-bond donors (Lipinski definition) is 0. The molecule has 3 aromatic rings. The van der Waals surface area contributed by atoms with Crippen molar-refractivity contribution in [3.05, 3.63) is 35.3 Å². The van der Waals surface area contributed by atoms with Gasteiger partial charge in [0.15, 0.2) is 6.23 Å². The minimum Gasteiger partial charge on any atom is -0.361 e. The Hall–Kier alpha value is -2.90. The summed E-state index contributed by atoms with van der Waals surface area (Å²) in [7, 11) is -3.56. The molecule has 0 spiro atoms. The van der Waals surface area contributed by atoms with Crippen LogP contribution in [0.1, 0.15) is 31.1 Å². The quantitative estimate of drug-likeness (QED) is 0.493. The first kappa shape index (κ1) is 18.5. The number of aryl methyl sites for hydroxylation is 1. The number of hydrogen-bond acceptors (Lipinski definition) is 7. The summed E-state index contributed by atoms with van der Waals surface area (Å²) in [6, 6.07) is 3.37. The molecule has 0 aliphatic carbocycles. The molecule has 0 bridgehead atoms. The summed E-state index contributed by atoms with van der Waals surface area (Å²) < 4.78 is 31.4. The van der Waals surface area contributed by atoms with Crippen molar-refractivity contribution in [1.29, 1.82) is 0 Å². The molecule has 1 fully saturated rings. The van der Waals surface area contributed by atoms with Crippen LogP contribution in [-0.4, -0.2) is 46.0 Å². The van der Waals surface area contributed by atoms with E-state index >= 15 is 0 Å². The van der Waals surface area contributed by atoms with Crippen molar-refractivity contribution >= 4 is 26.7 Å². The fourth-order valence-electron chi connectivity index (χ4n) is 3.21. The first-order valence-corrected chi connectivity index (χ1v) is 10.7. The van der Waals surface area contributed by atoms with Crippen LogP contribution in [0.4, 0.5) is 5.82 Å². The fraction of sp³-hybridized carbons (Fsp3) is 0.389. The largest absolute Gasteiger partial charge is 0.361 e. The Morgan fingerprint density at radius 3 is 2.75 bits per heavy atom. The van der Waals surface area contributed by atoms with Crippen molar-refractivity contribution < 1.29 is 13.2 Å². The lowest BCUT2D eigenvalue weighted by Gasteiger charge is -2.22. The van der Waals surface area contributed by atoms with Crippen LogP contribution in [0, 0.1) is 13.5 Å². The molecule has 10 heteroatoms. The standard InChI is InChI=1S/C18H18N6O3S/c1-11-10-20-18(28(3,25)26)22-15(11)16-12-7-8-13(19-2)21-17(12)24(23-16)14-6-4-5-9-27-14/h7-8,10,14H,4-6,9H2,1,3H3. The van der Waals surface area contributed by atoms with Crippen LogP contribution in [0.3, 0.4) is 0 Å². The highest BCUT2D eigenvalue weighted by molar-refractivity contribution is 7.90. The van der Waals surface area contributed by atoms with Crippen LogP contribution in [-0.2, 0) is 14.6 Å². The van der Waals surface area contributed by atoms with Gasteiger partial charge in [0.05, 0.1) is 11.1 Å². The van der Waals surface area contributed by atoms with Crippen molar-refractivity contribution in [3.8, 4) is 11.4 Å². The van der Waals surface area contributed by atoms with E-state index in [4.69, 9.17) is 11.3 Å². The molecule has 1 atom stereocenters. The lowest BCUT2D eigenvalue weighted by Crippen LogP contribution is -2.19. The molecule has 0 saturated carbocycles. The van der Waals surface area contributed by atoms with Crippen LogP contribution in [0.5, 0.6) is 0 Å². The minimum atomic E-state index is -3.56. The smallest absolute Gasteiger partial charge is 0.271 e. The second kappa shape index (κ2) is 6.92. The van der Waals surface area contributed by atoms with Crippen molar-refractivity contribution in [2.75, 3.05) is 12.9 Å². The lowest BCUT2D eigenvalue weighted by molar-refractivity contribution is -0.0368. The van der Waals surface area contributed by atoms with Crippen molar-refractivity contribution in [3.63, 3.8) is 0 Å². The zero-order valence-electron chi connectivity index (χ0n) is 15.5. The van der Waals surface area contributed by atoms with Gasteiger partial charge < -0.3 is 9.58 Å². The van der Waals surface area contributed by atoms with Gasteiger partial charge in [-0.2, -0.15) is 9.78 Å². The number of nitrogens with zero attached hydrogens (tertiary/aromatic N) is 6. The van der Waals surface area contributed by atoms with Gasteiger partial charge in [-0.3, -0.25) is 0 Å². The van der Waals surface area contributed by atoms with Gasteiger partial charge in [0.2, 0.25) is 15.0 Å². The van der Waals surface area contributed by atoms with Gasteiger partial charge in [-0.05, 0) is 37.8 Å². The Balaban J connectivity index is 1.97. The van der Waals surface area contributed by atoms with Gasteiger partial charge in [-0.1, -0.05) is 17.6 Å². The maximum Gasteiger partial charge on any atom is 0.271 e. The third kappa shape index (κ3) is 3.23. The van der Waals surface area contributed by atoms with Crippen molar-refractivity contribution in [2.45, 2.75) is 37.6 Å². The van der Waals surface area contributed by atoms with E-state index in [2.05, 4.69) is 24.9 Å². The third-order valence-corrected chi connectivity index (χ3v) is 5.45. The van der Waals surface area contributed by atoms with Crippen LogP contribution in [0.2, 0.25) is 0 Å². The highest BCUT2D eigenvalue weighted by Gasteiger charge is 2.26. The molecule has 144 valence electrons. The van der Waals surface area contributed by atoms with E-state index in [9.17, 15) is 8.42 Å². The van der Waals surface area contributed by atoms with E-state index in [0.29, 0.717) is 34.6 Å². The van der Waals surface area contributed by atoms with E-state index in [-0.39, 0.29) is 17.2 Å². The van der Waals surface area contributed by atoms with E-state index in [1.807, 2.05) is 0 Å². The highest BCUT2D eigenvalue weighted by atomic mass is 32.2. The number of sulfone groups is 1. The fourth-order valence-corrected chi connectivity index (χ4v) is 3.71. The summed E-state index contributed by atoms with van der Waals surface area (Å²) >= 11 is 0. The Morgan fingerprint density at radius 2 is 2.07 bits per heavy atom. The van der Waals surface area contributed by atoms with Gasteiger partial charge in [-0.15, -0.1) is 0 Å². The average Bonchev–Trinajstić information content (AvgIpc) is 3.06. The second-order valence-electron chi connectivity index (χ2n) is 6.72. The Kier molecular flexibility index (Phi) is 4.56. The zero-order chi connectivity index (χ0) is 19.9. The molecular formula is C18H18N6O3S. The van der Waals surface area contributed by atoms with Crippen LogP contribution < -0.4 is 0 Å². The van der Waals surface area contributed by atoms with Crippen LogP contribution >= 0.6 is 0 Å². The number of fused-ring (bicyclic) bond motifs is 1. The Labute approximate surface area is 162 Å². The summed E-state index contributed by atoms with van der Waals surface area (Å²) in [6.45, 7) is 9.68. The van der Waals surface area contributed by atoms with Gasteiger partial charge in [0.1, 0.15) is 5.69 Å². The van der Waals surface area contributed by atoms with Crippen LogP contribution in [0.15, 0.2) is 23.5 Å². The highest BCUT2D eigenvalue weighted by Crippen LogP contribution is 2.33. The normalized spacial score (nSPS) is 17.5. The third-order valence-electron chi connectivity index (χ3n) is 4.59. The van der Waals surface area contributed by atoms with E-state index in [1.165, 1.54) is 6.20 Å². The molecule has 0 radical (unpaired) electrons. The van der Waals surface area contributed by atoms with Gasteiger partial charge in [0, 0.05) is 19.1 Å². The Bertz CT molecular complexity index is 1210. The molecule has 0 N–H and O–H groups in total. The first-order valence-electron chi connectivity index (χ1n) is 8.81. The molecule has 4 rings (SSSR count). The second-order valence-corrected chi connectivity index (χ2v) is 8.63. The molecule has 9 nitrogen and oxygen atoms in total. The van der Waals surface area contributed by atoms with Crippen molar-refractivity contribution in [1.82, 2.24) is 24.7 Å². The summed E-state index contributed by atoms with van der Waals surface area (Å²) in [5.74, 6) is 0.257. The predicted molar refractivity (Wildman–Crippen MR) is 102 cm³/mol. The SMILES string of the molecule is [C-]#[N+]c1ccc2c(-c3nc(S(C)(=O)=O)ncc3C)nn(C3CCCCO3)c2n1. The number of aromatic nitrogens is 5. The summed E-state index contributed by atoms with van der Waals surface area (Å²) in [6.07, 6.45) is 5.05. The Morgan fingerprint density at radius 1 is 1.25 bits per heavy atom. The molecule has 1 unspecified atom stereocenters. The molecule has 0 aromatic carbocycles. The number of ether oxygens (including phenoxy) is 1. The lowest BCUT2D eigenvalue weighted by atomic mass is 10.1. The molecule has 4 heterocycles. The zero-order valence-corrected chi connectivity index (χ0v) is 16.3. The maximum atomic E-state index is 11.9. The van der Waals surface area contributed by atoms with Gasteiger partial charge in [0.25, 0.3) is 11.5 Å². The first-order chi connectivity index (χ1) is 13.4. The maximum absolute atomic E-state index is 11.9. The molecule has 28 heavy (non-hydrogen) atoms. The predicted octanol–water partition coefficient (Wildman–Crippen LogP) is 2.85. The molecule has 1 aliphatic rings. The summed E-state index contributed by atoms with van der Waals surface area (Å²) in [5, 5.41) is 5.11.